The molecule has 0 heterocycles. The summed E-state index contributed by atoms with van der Waals surface area (Å²) in [7, 11) is 0. The minimum atomic E-state index is -0.671. The van der Waals surface area contributed by atoms with Gasteiger partial charge in [-0.15, -0.1) is 0 Å². The molecule has 1 fully saturated rings. The van der Waals surface area contributed by atoms with E-state index in [1.807, 2.05) is 19.1 Å². The molecule has 28 heavy (non-hydrogen) atoms. The van der Waals surface area contributed by atoms with Crippen LogP contribution in [0.4, 0.5) is 0 Å². The van der Waals surface area contributed by atoms with Crippen LogP contribution in [0.3, 0.4) is 0 Å². The first-order valence-electron chi connectivity index (χ1n) is 9.96. The highest BCUT2D eigenvalue weighted by atomic mass is 16.6. The van der Waals surface area contributed by atoms with Crippen LogP contribution in [0.1, 0.15) is 56.0 Å². The summed E-state index contributed by atoms with van der Waals surface area (Å²) in [5.41, 5.74) is 1.51. The highest BCUT2D eigenvalue weighted by Crippen LogP contribution is 2.35. The molecule has 6 nitrogen and oxygen atoms in total. The van der Waals surface area contributed by atoms with Gasteiger partial charge in [0.15, 0.2) is 6.61 Å². The number of hydrogen-bond donors (Lipinski definition) is 1. The van der Waals surface area contributed by atoms with Gasteiger partial charge in [0.1, 0.15) is 12.6 Å². The third-order valence-corrected chi connectivity index (χ3v) is 5.30. The van der Waals surface area contributed by atoms with Crippen LogP contribution < -0.4 is 5.32 Å². The van der Waals surface area contributed by atoms with Gasteiger partial charge < -0.3 is 14.8 Å². The molecule has 1 aliphatic rings. The van der Waals surface area contributed by atoms with Crippen molar-refractivity contribution in [1.82, 2.24) is 5.32 Å². The average Bonchev–Trinajstić information content (AvgIpc) is 2.64. The first-order chi connectivity index (χ1) is 13.3. The zero-order valence-corrected chi connectivity index (χ0v) is 17.2. The van der Waals surface area contributed by atoms with Gasteiger partial charge in [-0.1, -0.05) is 44.9 Å². The molecule has 1 saturated carbocycles. The van der Waals surface area contributed by atoms with Gasteiger partial charge in [-0.25, -0.2) is 4.79 Å². The van der Waals surface area contributed by atoms with E-state index in [2.05, 4.69) is 26.1 Å². The molecule has 1 aromatic carbocycles. The summed E-state index contributed by atoms with van der Waals surface area (Å²) in [4.78, 5) is 35.9. The van der Waals surface area contributed by atoms with Crippen LogP contribution in [0.5, 0.6) is 0 Å². The standard InChI is InChI=1S/C22H31NO5/c1-14(2)18-10-7-16(4)11-19(18)28-21(25)13-27-20(24)12-23-22(26)17-8-5-15(3)6-9-17/h5-6,8-9,14,16,18-19H,7,10-13H2,1-4H3,(H,23,26)/t16-,18-,19+/m0/s1. The molecule has 2 rings (SSSR count). The SMILES string of the molecule is Cc1ccc(C(=O)NCC(=O)OCC(=O)O[C@@H]2C[C@@H](C)CC[C@H]2C(C)C)cc1. The minimum Gasteiger partial charge on any atom is -0.460 e. The van der Waals surface area contributed by atoms with Crippen molar-refractivity contribution in [2.45, 2.75) is 53.1 Å². The molecular weight excluding hydrogens is 358 g/mol. The first kappa shape index (κ1) is 21.9. The van der Waals surface area contributed by atoms with Gasteiger partial charge in [0, 0.05) is 5.56 Å². The Morgan fingerprint density at radius 3 is 2.43 bits per heavy atom. The molecule has 1 amide bonds. The van der Waals surface area contributed by atoms with Gasteiger partial charge in [0.05, 0.1) is 0 Å². The number of hydrogen-bond acceptors (Lipinski definition) is 5. The second-order valence-electron chi connectivity index (χ2n) is 8.06. The van der Waals surface area contributed by atoms with Crippen LogP contribution in [-0.2, 0) is 19.1 Å². The van der Waals surface area contributed by atoms with Crippen LogP contribution in [-0.4, -0.2) is 37.1 Å². The predicted octanol–water partition coefficient (Wildman–Crippen LogP) is 3.27. The number of nitrogens with one attached hydrogen (secondary N) is 1. The van der Waals surface area contributed by atoms with Crippen LogP contribution in [0.15, 0.2) is 24.3 Å². The Labute approximate surface area is 167 Å². The summed E-state index contributed by atoms with van der Waals surface area (Å²) in [6.45, 7) is 7.63. The number of carbonyl (C=O) groups excluding carboxylic acids is 3. The lowest BCUT2D eigenvalue weighted by atomic mass is 9.75. The van der Waals surface area contributed by atoms with E-state index >= 15 is 0 Å². The fraction of sp³-hybridized carbons (Fsp3) is 0.591. The lowest BCUT2D eigenvalue weighted by molar-refractivity contribution is -0.166. The highest BCUT2D eigenvalue weighted by Gasteiger charge is 2.33. The van der Waals surface area contributed by atoms with Crippen molar-refractivity contribution in [3.63, 3.8) is 0 Å². The van der Waals surface area contributed by atoms with Crippen LogP contribution >= 0.6 is 0 Å². The van der Waals surface area contributed by atoms with Crippen LogP contribution in [0, 0.1) is 24.7 Å². The van der Waals surface area contributed by atoms with E-state index in [0.717, 1.165) is 24.8 Å². The Balaban J connectivity index is 1.73. The van der Waals surface area contributed by atoms with E-state index in [1.165, 1.54) is 0 Å². The third kappa shape index (κ3) is 6.66. The van der Waals surface area contributed by atoms with E-state index in [1.54, 1.807) is 12.1 Å². The molecule has 0 radical (unpaired) electrons. The molecule has 0 saturated heterocycles. The number of aryl methyl sites for hydroxylation is 1. The van der Waals surface area contributed by atoms with Gasteiger partial charge in [-0.2, -0.15) is 0 Å². The number of ether oxygens (including phenoxy) is 2. The van der Waals surface area contributed by atoms with E-state index < -0.39 is 18.5 Å². The number of carbonyl (C=O) groups is 3. The van der Waals surface area contributed by atoms with Gasteiger partial charge in [-0.3, -0.25) is 9.59 Å². The molecular formula is C22H31NO5. The lowest BCUT2D eigenvalue weighted by Crippen LogP contribution is -2.37. The Kier molecular flexibility index (Phi) is 8.03. The van der Waals surface area contributed by atoms with Crippen molar-refractivity contribution < 1.29 is 23.9 Å². The number of esters is 2. The Bertz CT molecular complexity index is 683. The molecule has 0 aliphatic heterocycles. The molecule has 0 bridgehead atoms. The first-order valence-corrected chi connectivity index (χ1v) is 9.96. The summed E-state index contributed by atoms with van der Waals surface area (Å²) < 4.78 is 10.5. The maximum atomic E-state index is 12.1. The second kappa shape index (κ2) is 10.2. The molecule has 0 spiro atoms. The predicted molar refractivity (Wildman–Crippen MR) is 106 cm³/mol. The normalized spacial score (nSPS) is 21.8. The Morgan fingerprint density at radius 1 is 1.11 bits per heavy atom. The Hall–Kier alpha value is -2.37. The summed E-state index contributed by atoms with van der Waals surface area (Å²) in [5, 5.41) is 2.49. The number of rotatable bonds is 7. The number of benzene rings is 1. The summed E-state index contributed by atoms with van der Waals surface area (Å²) in [6.07, 6.45) is 2.90. The highest BCUT2D eigenvalue weighted by molar-refractivity contribution is 5.96. The van der Waals surface area contributed by atoms with E-state index in [9.17, 15) is 14.4 Å². The second-order valence-corrected chi connectivity index (χ2v) is 8.06. The smallest absolute Gasteiger partial charge is 0.344 e. The van der Waals surface area contributed by atoms with Gasteiger partial charge in [0.2, 0.25) is 0 Å². The van der Waals surface area contributed by atoms with Gasteiger partial charge >= 0.3 is 11.9 Å². The Morgan fingerprint density at radius 2 is 1.79 bits per heavy atom. The fourth-order valence-electron chi connectivity index (χ4n) is 3.60. The van der Waals surface area contributed by atoms with Crippen molar-refractivity contribution in [1.29, 1.82) is 0 Å². The van der Waals surface area contributed by atoms with Crippen LogP contribution in [0.2, 0.25) is 0 Å². The zero-order chi connectivity index (χ0) is 20.7. The van der Waals surface area contributed by atoms with Crippen molar-refractivity contribution in [3.05, 3.63) is 35.4 Å². The molecule has 6 heteroatoms. The van der Waals surface area contributed by atoms with Gasteiger partial charge in [-0.05, 0) is 49.7 Å². The monoisotopic (exact) mass is 389 g/mol. The fourth-order valence-corrected chi connectivity index (χ4v) is 3.60. The molecule has 0 unspecified atom stereocenters. The topological polar surface area (TPSA) is 81.7 Å². The molecule has 3 atom stereocenters. The molecule has 154 valence electrons. The third-order valence-electron chi connectivity index (χ3n) is 5.30. The minimum absolute atomic E-state index is 0.129. The zero-order valence-electron chi connectivity index (χ0n) is 17.2. The quantitative estimate of drug-likeness (QED) is 0.724. The van der Waals surface area contributed by atoms with Crippen LogP contribution in [0.25, 0.3) is 0 Å². The van der Waals surface area contributed by atoms with Crippen molar-refractivity contribution in [2.24, 2.45) is 17.8 Å². The van der Waals surface area contributed by atoms with Crippen molar-refractivity contribution >= 4 is 17.8 Å². The lowest BCUT2D eigenvalue weighted by Gasteiger charge is -2.36. The van der Waals surface area contributed by atoms with Crippen molar-refractivity contribution in [2.75, 3.05) is 13.2 Å². The van der Waals surface area contributed by atoms with E-state index in [4.69, 9.17) is 9.47 Å². The summed E-state index contributed by atoms with van der Waals surface area (Å²) in [6, 6.07) is 7.01. The number of amides is 1. The molecule has 1 aromatic rings. The maximum Gasteiger partial charge on any atom is 0.344 e. The van der Waals surface area contributed by atoms with E-state index in [0.29, 0.717) is 23.3 Å². The molecule has 0 aromatic heterocycles. The summed E-state index contributed by atoms with van der Waals surface area (Å²) >= 11 is 0. The van der Waals surface area contributed by atoms with Gasteiger partial charge in [0.25, 0.3) is 5.91 Å². The van der Waals surface area contributed by atoms with Crippen molar-refractivity contribution in [3.8, 4) is 0 Å². The average molecular weight is 389 g/mol. The summed E-state index contributed by atoms with van der Waals surface area (Å²) in [5.74, 6) is -0.282. The van der Waals surface area contributed by atoms with E-state index in [-0.39, 0.29) is 18.6 Å². The molecule has 1 N–H and O–H groups in total. The maximum absolute atomic E-state index is 12.1. The largest absolute Gasteiger partial charge is 0.460 e. The molecule has 1 aliphatic carbocycles.